The van der Waals surface area contributed by atoms with Crippen LogP contribution in [0, 0.1) is 11.8 Å². The summed E-state index contributed by atoms with van der Waals surface area (Å²) < 4.78 is 0. The van der Waals surface area contributed by atoms with Gasteiger partial charge >= 0.3 is 0 Å². The molecule has 2 aliphatic rings. The lowest BCUT2D eigenvalue weighted by atomic mass is 9.78. The van der Waals surface area contributed by atoms with E-state index in [1.54, 1.807) is 0 Å². The molecule has 0 aromatic rings. The minimum atomic E-state index is -0.113. The monoisotopic (exact) mass is 241 g/mol. The van der Waals surface area contributed by atoms with Gasteiger partial charge in [-0.1, -0.05) is 13.3 Å². The predicted octanol–water partition coefficient (Wildman–Crippen LogP) is 1.63. The molecule has 0 saturated heterocycles. The Morgan fingerprint density at radius 3 is 2.53 bits per heavy atom. The molecule has 100 valence electrons. The number of hydrogen-bond acceptors (Lipinski definition) is 3. The van der Waals surface area contributed by atoms with Gasteiger partial charge in [0.15, 0.2) is 0 Å². The van der Waals surface area contributed by atoms with Crippen LogP contribution in [0.15, 0.2) is 0 Å². The molecule has 0 radical (unpaired) electrons. The Morgan fingerprint density at radius 2 is 1.94 bits per heavy atom. The first-order chi connectivity index (χ1) is 8.24. The van der Waals surface area contributed by atoms with Crippen LogP contribution < -0.4 is 0 Å². The fourth-order valence-electron chi connectivity index (χ4n) is 3.20. The first-order valence-electron chi connectivity index (χ1n) is 7.27. The Hall–Kier alpha value is -0.120. The van der Waals surface area contributed by atoms with Gasteiger partial charge in [0.25, 0.3) is 0 Å². The minimum absolute atomic E-state index is 0.113. The van der Waals surface area contributed by atoms with Gasteiger partial charge in [-0.25, -0.2) is 0 Å². The second-order valence-corrected chi connectivity index (χ2v) is 5.86. The lowest BCUT2D eigenvalue weighted by molar-refractivity contribution is 0.0221. The summed E-state index contributed by atoms with van der Waals surface area (Å²) in [5, 5.41) is 19.2. The van der Waals surface area contributed by atoms with Crippen molar-refractivity contribution in [1.82, 2.24) is 4.90 Å². The van der Waals surface area contributed by atoms with E-state index >= 15 is 0 Å². The number of nitrogens with zero attached hydrogens (tertiary/aromatic N) is 1. The van der Waals surface area contributed by atoms with Crippen LogP contribution in [-0.4, -0.2) is 47.0 Å². The van der Waals surface area contributed by atoms with E-state index in [0.717, 1.165) is 25.4 Å². The third-order valence-corrected chi connectivity index (χ3v) is 4.55. The third-order valence-electron chi connectivity index (χ3n) is 4.55. The molecular formula is C14H27NO2. The van der Waals surface area contributed by atoms with Gasteiger partial charge in [0.2, 0.25) is 0 Å². The predicted molar refractivity (Wildman–Crippen MR) is 68.8 cm³/mol. The second kappa shape index (κ2) is 6.17. The van der Waals surface area contributed by atoms with Crippen LogP contribution in [0.1, 0.15) is 45.4 Å². The molecule has 0 aromatic carbocycles. The number of aliphatic hydroxyl groups excluding tert-OH is 2. The summed E-state index contributed by atoms with van der Waals surface area (Å²) in [6, 6.07) is 0.691. The topological polar surface area (TPSA) is 43.7 Å². The Labute approximate surface area is 105 Å². The zero-order valence-electron chi connectivity index (χ0n) is 11.0. The van der Waals surface area contributed by atoms with Crippen molar-refractivity contribution < 1.29 is 10.2 Å². The van der Waals surface area contributed by atoms with Crippen LogP contribution in [-0.2, 0) is 0 Å². The summed E-state index contributed by atoms with van der Waals surface area (Å²) in [6.45, 7) is 4.27. The van der Waals surface area contributed by atoms with Gasteiger partial charge in [-0.2, -0.15) is 0 Å². The second-order valence-electron chi connectivity index (χ2n) is 5.86. The summed E-state index contributed by atoms with van der Waals surface area (Å²) in [5.74, 6) is 1.24. The highest BCUT2D eigenvalue weighted by Gasteiger charge is 2.34. The molecule has 17 heavy (non-hydrogen) atoms. The van der Waals surface area contributed by atoms with Crippen molar-refractivity contribution in [2.45, 2.75) is 57.6 Å². The molecule has 3 unspecified atom stereocenters. The number of rotatable bonds is 6. The molecule has 0 aliphatic heterocycles. The summed E-state index contributed by atoms with van der Waals surface area (Å²) >= 11 is 0. The molecule has 0 amide bonds. The number of aliphatic hydroxyl groups is 2. The van der Waals surface area contributed by atoms with E-state index in [1.807, 2.05) is 0 Å². The van der Waals surface area contributed by atoms with Gasteiger partial charge in [0, 0.05) is 19.1 Å². The van der Waals surface area contributed by atoms with E-state index in [1.165, 1.54) is 32.1 Å². The van der Waals surface area contributed by atoms with Crippen LogP contribution in [0.2, 0.25) is 0 Å². The van der Waals surface area contributed by atoms with Crippen LogP contribution in [0.5, 0.6) is 0 Å². The van der Waals surface area contributed by atoms with E-state index < -0.39 is 0 Å². The van der Waals surface area contributed by atoms with Gasteiger partial charge in [0.05, 0.1) is 12.7 Å². The van der Waals surface area contributed by atoms with Gasteiger partial charge in [0.1, 0.15) is 0 Å². The molecule has 3 nitrogen and oxygen atoms in total. The zero-order valence-corrected chi connectivity index (χ0v) is 11.0. The fourth-order valence-corrected chi connectivity index (χ4v) is 3.20. The van der Waals surface area contributed by atoms with Gasteiger partial charge in [-0.3, -0.25) is 4.90 Å². The highest BCUT2D eigenvalue weighted by atomic mass is 16.3. The van der Waals surface area contributed by atoms with Crippen LogP contribution >= 0.6 is 0 Å². The molecule has 0 aromatic heterocycles. The summed E-state index contributed by atoms with van der Waals surface area (Å²) in [5.41, 5.74) is 0. The lowest BCUT2D eigenvalue weighted by Crippen LogP contribution is -2.41. The number of hydrogen-bond donors (Lipinski definition) is 2. The van der Waals surface area contributed by atoms with E-state index in [0.29, 0.717) is 12.0 Å². The maximum Gasteiger partial charge on any atom is 0.0580 e. The average molecular weight is 241 g/mol. The normalized spacial score (nSPS) is 34.2. The SMILES string of the molecule is CCC1CCC(O)C(CN(CCO)C2CC2)C1. The van der Waals surface area contributed by atoms with Gasteiger partial charge < -0.3 is 10.2 Å². The van der Waals surface area contributed by atoms with Crippen molar-refractivity contribution in [3.8, 4) is 0 Å². The van der Waals surface area contributed by atoms with Crippen LogP contribution in [0.3, 0.4) is 0 Å². The maximum atomic E-state index is 10.1. The summed E-state index contributed by atoms with van der Waals surface area (Å²) in [6.07, 6.45) is 7.02. The highest BCUT2D eigenvalue weighted by molar-refractivity contribution is 4.88. The van der Waals surface area contributed by atoms with Crippen molar-refractivity contribution in [3.63, 3.8) is 0 Å². The largest absolute Gasteiger partial charge is 0.395 e. The van der Waals surface area contributed by atoms with Crippen molar-refractivity contribution >= 4 is 0 Å². The van der Waals surface area contributed by atoms with Crippen molar-refractivity contribution in [1.29, 1.82) is 0 Å². The summed E-state index contributed by atoms with van der Waals surface area (Å²) in [4.78, 5) is 2.39. The Bertz CT molecular complexity index is 230. The van der Waals surface area contributed by atoms with Crippen LogP contribution in [0.4, 0.5) is 0 Å². The van der Waals surface area contributed by atoms with Crippen molar-refractivity contribution in [2.24, 2.45) is 11.8 Å². The molecule has 0 heterocycles. The quantitative estimate of drug-likeness (QED) is 0.743. The average Bonchev–Trinajstić information content (AvgIpc) is 3.15. The molecule has 0 spiro atoms. The molecule has 2 rings (SSSR count). The molecule has 2 fully saturated rings. The molecule has 3 heteroatoms. The van der Waals surface area contributed by atoms with E-state index in [4.69, 9.17) is 5.11 Å². The molecule has 0 bridgehead atoms. The molecule has 3 atom stereocenters. The van der Waals surface area contributed by atoms with Gasteiger partial charge in [-0.15, -0.1) is 0 Å². The smallest absolute Gasteiger partial charge is 0.0580 e. The molecule has 2 N–H and O–H groups in total. The van der Waals surface area contributed by atoms with Crippen molar-refractivity contribution in [3.05, 3.63) is 0 Å². The lowest BCUT2D eigenvalue weighted by Gasteiger charge is -2.36. The van der Waals surface area contributed by atoms with Gasteiger partial charge in [-0.05, 0) is 43.9 Å². The molecular weight excluding hydrogens is 214 g/mol. The molecule has 2 saturated carbocycles. The Kier molecular flexibility index (Phi) is 4.83. The highest BCUT2D eigenvalue weighted by Crippen LogP contribution is 2.34. The van der Waals surface area contributed by atoms with E-state index in [2.05, 4.69) is 11.8 Å². The first-order valence-corrected chi connectivity index (χ1v) is 7.27. The Balaban J connectivity index is 1.85. The zero-order chi connectivity index (χ0) is 12.3. The minimum Gasteiger partial charge on any atom is -0.395 e. The van der Waals surface area contributed by atoms with E-state index in [-0.39, 0.29) is 12.7 Å². The Morgan fingerprint density at radius 1 is 1.18 bits per heavy atom. The van der Waals surface area contributed by atoms with Crippen LogP contribution in [0.25, 0.3) is 0 Å². The maximum absolute atomic E-state index is 10.1. The van der Waals surface area contributed by atoms with E-state index in [9.17, 15) is 5.11 Å². The summed E-state index contributed by atoms with van der Waals surface area (Å²) in [7, 11) is 0. The third kappa shape index (κ3) is 3.67. The standard InChI is InChI=1S/C14H27NO2/c1-2-11-3-6-14(17)12(9-11)10-15(7-8-16)13-4-5-13/h11-14,16-17H,2-10H2,1H3. The fraction of sp³-hybridized carbons (Fsp3) is 1.00. The first kappa shape index (κ1) is 13.3. The van der Waals surface area contributed by atoms with Crippen molar-refractivity contribution in [2.75, 3.05) is 19.7 Å². The molecule has 2 aliphatic carbocycles.